The van der Waals surface area contributed by atoms with Gasteiger partial charge in [-0.2, -0.15) is 0 Å². The molecule has 0 aliphatic heterocycles. The fourth-order valence-electron chi connectivity index (χ4n) is 2.48. The Bertz CT molecular complexity index is 1050. The number of thioether (sulfide) groups is 1. The number of non-ortho nitro benzene ring substituents is 1. The van der Waals surface area contributed by atoms with Crippen LogP contribution in [-0.2, 0) is 20.7 Å². The second kappa shape index (κ2) is 9.48. The summed E-state index contributed by atoms with van der Waals surface area (Å²) in [7, 11) is 0. The molecular weight excluding hydrogens is 414 g/mol. The van der Waals surface area contributed by atoms with Gasteiger partial charge in [-0.25, -0.2) is 4.98 Å². The van der Waals surface area contributed by atoms with E-state index >= 15 is 0 Å². The third kappa shape index (κ3) is 6.00. The van der Waals surface area contributed by atoms with Gasteiger partial charge in [0.1, 0.15) is 6.61 Å². The van der Waals surface area contributed by atoms with Crippen LogP contribution in [0.5, 0.6) is 0 Å². The number of carbonyl (C=O) groups excluding carboxylic acids is 2. The highest BCUT2D eigenvalue weighted by atomic mass is 32.2. The second-order valence-electron chi connectivity index (χ2n) is 6.00. The highest BCUT2D eigenvalue weighted by molar-refractivity contribution is 8.01. The van der Waals surface area contributed by atoms with Gasteiger partial charge in [-0.3, -0.25) is 19.7 Å². The Balaban J connectivity index is 1.58. The predicted molar refractivity (Wildman–Crippen MR) is 112 cm³/mol. The molecule has 0 aliphatic carbocycles. The minimum atomic E-state index is -0.475. The molecule has 8 nitrogen and oxygen atoms in total. The van der Waals surface area contributed by atoms with Crippen molar-refractivity contribution in [1.29, 1.82) is 0 Å². The van der Waals surface area contributed by atoms with E-state index in [1.54, 1.807) is 18.2 Å². The largest absolute Gasteiger partial charge is 0.465 e. The van der Waals surface area contributed by atoms with E-state index in [1.165, 1.54) is 42.2 Å². The minimum Gasteiger partial charge on any atom is -0.465 e. The topological polar surface area (TPSA) is 111 Å². The van der Waals surface area contributed by atoms with Gasteiger partial charge in [-0.15, -0.1) is 11.3 Å². The molecule has 0 fully saturated rings. The maximum Gasteiger partial charge on any atom is 0.302 e. The van der Waals surface area contributed by atoms with Gasteiger partial charge in [0.05, 0.1) is 21.6 Å². The van der Waals surface area contributed by atoms with Crippen LogP contribution in [0.2, 0.25) is 0 Å². The third-order valence-corrected chi connectivity index (χ3v) is 5.90. The van der Waals surface area contributed by atoms with Gasteiger partial charge in [0, 0.05) is 30.5 Å². The zero-order valence-corrected chi connectivity index (χ0v) is 17.0. The molecule has 1 amide bonds. The van der Waals surface area contributed by atoms with Crippen molar-refractivity contribution in [3.8, 4) is 0 Å². The van der Waals surface area contributed by atoms with Gasteiger partial charge in [0.25, 0.3) is 5.69 Å². The van der Waals surface area contributed by atoms with E-state index in [-0.39, 0.29) is 24.0 Å². The van der Waals surface area contributed by atoms with Crippen LogP contribution in [0.4, 0.5) is 11.4 Å². The van der Waals surface area contributed by atoms with Crippen LogP contribution >= 0.6 is 23.1 Å². The number of nitro groups is 1. The standard InChI is InChI=1S/C19H17N3O5S2/c1-12(23)27-8-9-28-19-21-16-7-4-14(11-17(16)29-19)20-18(24)10-13-2-5-15(6-3-13)22(25)26/h2-7,11H,8-10H2,1H3,(H,20,24). The lowest BCUT2D eigenvalue weighted by Crippen LogP contribution is -2.14. The van der Waals surface area contributed by atoms with Gasteiger partial charge in [0.2, 0.25) is 5.91 Å². The Morgan fingerprint density at radius 1 is 1.24 bits per heavy atom. The van der Waals surface area contributed by atoms with Crippen molar-refractivity contribution in [2.75, 3.05) is 17.7 Å². The van der Waals surface area contributed by atoms with Gasteiger partial charge in [0.15, 0.2) is 4.34 Å². The summed E-state index contributed by atoms with van der Waals surface area (Å²) in [4.78, 5) is 37.8. The predicted octanol–water partition coefficient (Wildman–Crippen LogP) is 4.04. The normalized spacial score (nSPS) is 10.7. The molecule has 0 saturated carbocycles. The zero-order chi connectivity index (χ0) is 20.8. The Labute approximate surface area is 174 Å². The molecule has 10 heteroatoms. The first-order chi connectivity index (χ1) is 13.9. The number of benzene rings is 2. The van der Waals surface area contributed by atoms with Crippen LogP contribution in [0, 0.1) is 10.1 Å². The number of carbonyl (C=O) groups is 2. The van der Waals surface area contributed by atoms with Gasteiger partial charge in [-0.05, 0) is 23.8 Å². The monoisotopic (exact) mass is 431 g/mol. The molecule has 0 saturated heterocycles. The number of anilines is 1. The van der Waals surface area contributed by atoms with Crippen molar-refractivity contribution in [3.05, 3.63) is 58.1 Å². The molecule has 150 valence electrons. The van der Waals surface area contributed by atoms with E-state index in [0.29, 0.717) is 23.6 Å². The summed E-state index contributed by atoms with van der Waals surface area (Å²) in [5, 5.41) is 13.5. The van der Waals surface area contributed by atoms with Crippen LogP contribution < -0.4 is 5.32 Å². The molecule has 29 heavy (non-hydrogen) atoms. The zero-order valence-electron chi connectivity index (χ0n) is 15.4. The summed E-state index contributed by atoms with van der Waals surface area (Å²) in [6.07, 6.45) is 0.121. The lowest BCUT2D eigenvalue weighted by Gasteiger charge is -2.05. The summed E-state index contributed by atoms with van der Waals surface area (Å²) < 4.78 is 6.70. The third-order valence-electron chi connectivity index (χ3n) is 3.78. The summed E-state index contributed by atoms with van der Waals surface area (Å²) in [6.45, 7) is 1.71. The molecule has 0 unspecified atom stereocenters. The van der Waals surface area contributed by atoms with E-state index in [1.807, 2.05) is 12.1 Å². The van der Waals surface area contributed by atoms with Crippen LogP contribution in [0.25, 0.3) is 10.2 Å². The molecule has 0 bridgehead atoms. The van der Waals surface area contributed by atoms with E-state index < -0.39 is 4.92 Å². The number of esters is 1. The number of fused-ring (bicyclic) bond motifs is 1. The molecule has 0 aliphatic rings. The summed E-state index contributed by atoms with van der Waals surface area (Å²) in [5.41, 5.74) is 2.17. The molecule has 3 aromatic rings. The summed E-state index contributed by atoms with van der Waals surface area (Å²) in [5.74, 6) is 0.112. The fraction of sp³-hybridized carbons (Fsp3) is 0.211. The van der Waals surface area contributed by atoms with Crippen LogP contribution in [0.3, 0.4) is 0 Å². The van der Waals surface area contributed by atoms with E-state index in [9.17, 15) is 19.7 Å². The molecule has 3 rings (SSSR count). The highest BCUT2D eigenvalue weighted by Crippen LogP contribution is 2.31. The quantitative estimate of drug-likeness (QED) is 0.188. The van der Waals surface area contributed by atoms with Crippen molar-refractivity contribution in [2.24, 2.45) is 0 Å². The fourth-order valence-corrected chi connectivity index (χ4v) is 4.48. The van der Waals surface area contributed by atoms with Crippen molar-refractivity contribution >= 4 is 56.6 Å². The number of rotatable bonds is 8. The Hall–Kier alpha value is -2.98. The van der Waals surface area contributed by atoms with Crippen molar-refractivity contribution < 1.29 is 19.2 Å². The first-order valence-electron chi connectivity index (χ1n) is 8.60. The molecule has 2 aromatic carbocycles. The molecule has 0 spiro atoms. The average molecular weight is 431 g/mol. The molecule has 1 aromatic heterocycles. The Morgan fingerprint density at radius 2 is 2.00 bits per heavy atom. The Kier molecular flexibility index (Phi) is 6.78. The minimum absolute atomic E-state index is 0.00802. The SMILES string of the molecule is CC(=O)OCCSc1nc2ccc(NC(=O)Cc3ccc([N+](=O)[O-])cc3)cc2s1. The van der Waals surface area contributed by atoms with Gasteiger partial charge < -0.3 is 10.1 Å². The van der Waals surface area contributed by atoms with E-state index in [4.69, 9.17) is 4.74 Å². The van der Waals surface area contributed by atoms with E-state index in [2.05, 4.69) is 10.3 Å². The lowest BCUT2D eigenvalue weighted by molar-refractivity contribution is -0.384. The molecule has 1 heterocycles. The van der Waals surface area contributed by atoms with Crippen LogP contribution in [0.15, 0.2) is 46.8 Å². The Morgan fingerprint density at radius 3 is 2.69 bits per heavy atom. The maximum absolute atomic E-state index is 12.3. The second-order valence-corrected chi connectivity index (χ2v) is 8.37. The first kappa shape index (κ1) is 20.7. The van der Waals surface area contributed by atoms with E-state index in [0.717, 1.165) is 14.6 Å². The number of nitrogens with one attached hydrogen (secondary N) is 1. The number of ether oxygens (including phenoxy) is 1. The number of thiazole rings is 1. The number of hydrogen-bond acceptors (Lipinski definition) is 8. The van der Waals surface area contributed by atoms with Crippen molar-refractivity contribution in [1.82, 2.24) is 4.98 Å². The molecular formula is C19H17N3O5S2. The maximum atomic E-state index is 12.3. The first-order valence-corrected chi connectivity index (χ1v) is 10.4. The van der Waals surface area contributed by atoms with Gasteiger partial charge in [-0.1, -0.05) is 23.9 Å². The number of hydrogen-bond donors (Lipinski definition) is 1. The molecule has 0 atom stereocenters. The number of aromatic nitrogens is 1. The molecule has 1 N–H and O–H groups in total. The number of amides is 1. The van der Waals surface area contributed by atoms with Crippen molar-refractivity contribution in [2.45, 2.75) is 17.7 Å². The van der Waals surface area contributed by atoms with Gasteiger partial charge >= 0.3 is 5.97 Å². The smallest absolute Gasteiger partial charge is 0.302 e. The highest BCUT2D eigenvalue weighted by Gasteiger charge is 2.10. The molecule has 0 radical (unpaired) electrons. The lowest BCUT2D eigenvalue weighted by atomic mass is 10.1. The van der Waals surface area contributed by atoms with Crippen molar-refractivity contribution in [3.63, 3.8) is 0 Å². The number of nitro benzene ring substituents is 1. The van der Waals surface area contributed by atoms with Crippen LogP contribution in [0.1, 0.15) is 12.5 Å². The average Bonchev–Trinajstić information content (AvgIpc) is 3.07. The van der Waals surface area contributed by atoms with Crippen LogP contribution in [-0.4, -0.2) is 34.1 Å². The number of nitrogens with zero attached hydrogens (tertiary/aromatic N) is 2. The summed E-state index contributed by atoms with van der Waals surface area (Å²) >= 11 is 3.01. The summed E-state index contributed by atoms with van der Waals surface area (Å²) in [6, 6.07) is 11.4.